The van der Waals surface area contributed by atoms with Crippen LogP contribution < -0.4 is 11.1 Å². The number of hydrogen-bond acceptors (Lipinski definition) is 3. The number of halogens is 2. The molecule has 3 N–H and O–H groups in total. The summed E-state index contributed by atoms with van der Waals surface area (Å²) >= 11 is 0.485. The van der Waals surface area contributed by atoms with Gasteiger partial charge < -0.3 is 11.1 Å². The number of anilines is 1. The van der Waals surface area contributed by atoms with Crippen LogP contribution in [0.15, 0.2) is 29.2 Å². The third-order valence-corrected chi connectivity index (χ3v) is 3.70. The van der Waals surface area contributed by atoms with Crippen molar-refractivity contribution in [3.05, 3.63) is 24.3 Å². The van der Waals surface area contributed by atoms with E-state index >= 15 is 0 Å². The summed E-state index contributed by atoms with van der Waals surface area (Å²) in [6, 6.07) is 6.40. The number of nitrogens with one attached hydrogen (secondary N) is 1. The average molecular weight is 316 g/mol. The van der Waals surface area contributed by atoms with Gasteiger partial charge in [0, 0.05) is 17.0 Å². The molecule has 3 nitrogen and oxygen atoms in total. The molecule has 6 heteroatoms. The van der Waals surface area contributed by atoms with Gasteiger partial charge in [0.05, 0.1) is 0 Å². The molecule has 0 aliphatic heterocycles. The van der Waals surface area contributed by atoms with Crippen LogP contribution in [0, 0.1) is 11.8 Å². The molecule has 0 aliphatic carbocycles. The molecule has 1 unspecified atom stereocenters. The van der Waals surface area contributed by atoms with Gasteiger partial charge in [0.25, 0.3) is 5.76 Å². The lowest BCUT2D eigenvalue weighted by molar-refractivity contribution is -0.117. The van der Waals surface area contributed by atoms with Gasteiger partial charge in [0.1, 0.15) is 0 Å². The van der Waals surface area contributed by atoms with E-state index in [9.17, 15) is 13.6 Å². The van der Waals surface area contributed by atoms with Gasteiger partial charge in [-0.25, -0.2) is 0 Å². The Bertz CT molecular complexity index is 438. The SMILES string of the molecule is CC(C)CC(CN)CC(=O)Nc1ccc(SC(F)F)cc1. The molecule has 0 radical (unpaired) electrons. The van der Waals surface area contributed by atoms with E-state index in [-0.39, 0.29) is 11.8 Å². The quantitative estimate of drug-likeness (QED) is 0.714. The summed E-state index contributed by atoms with van der Waals surface area (Å²) in [6.45, 7) is 4.68. The first-order valence-electron chi connectivity index (χ1n) is 6.95. The highest BCUT2D eigenvalue weighted by Gasteiger charge is 2.14. The van der Waals surface area contributed by atoms with Gasteiger partial charge in [0.15, 0.2) is 0 Å². The smallest absolute Gasteiger partial charge is 0.288 e. The Kier molecular flexibility index (Phi) is 7.67. The van der Waals surface area contributed by atoms with Crippen molar-refractivity contribution in [1.82, 2.24) is 0 Å². The second-order valence-electron chi connectivity index (χ2n) is 5.39. The molecule has 1 amide bonds. The van der Waals surface area contributed by atoms with Gasteiger partial charge in [-0.3, -0.25) is 4.79 Å². The third kappa shape index (κ3) is 7.43. The first kappa shape index (κ1) is 17.9. The predicted octanol–water partition coefficient (Wildman–Crippen LogP) is 3.95. The molecule has 0 spiro atoms. The zero-order valence-electron chi connectivity index (χ0n) is 12.3. The maximum absolute atomic E-state index is 12.2. The summed E-state index contributed by atoms with van der Waals surface area (Å²) in [5, 5.41) is 2.77. The molecule has 1 aromatic rings. The van der Waals surface area contributed by atoms with Crippen LogP contribution in [-0.4, -0.2) is 18.2 Å². The van der Waals surface area contributed by atoms with Crippen LogP contribution in [0.4, 0.5) is 14.5 Å². The monoisotopic (exact) mass is 316 g/mol. The van der Waals surface area contributed by atoms with Crippen molar-refractivity contribution in [2.75, 3.05) is 11.9 Å². The summed E-state index contributed by atoms with van der Waals surface area (Å²) in [7, 11) is 0. The van der Waals surface area contributed by atoms with Gasteiger partial charge in [-0.05, 0) is 49.1 Å². The normalized spacial score (nSPS) is 12.7. The Morgan fingerprint density at radius 1 is 1.29 bits per heavy atom. The molecule has 0 saturated carbocycles. The van der Waals surface area contributed by atoms with E-state index < -0.39 is 5.76 Å². The highest BCUT2D eigenvalue weighted by molar-refractivity contribution is 7.99. The molecule has 21 heavy (non-hydrogen) atoms. The summed E-state index contributed by atoms with van der Waals surface area (Å²) < 4.78 is 24.4. The lowest BCUT2D eigenvalue weighted by Crippen LogP contribution is -2.23. The van der Waals surface area contributed by atoms with E-state index in [0.717, 1.165) is 6.42 Å². The summed E-state index contributed by atoms with van der Waals surface area (Å²) in [5.41, 5.74) is 6.29. The Morgan fingerprint density at radius 2 is 1.90 bits per heavy atom. The number of hydrogen-bond donors (Lipinski definition) is 2. The number of carbonyl (C=O) groups is 1. The first-order chi connectivity index (χ1) is 9.90. The van der Waals surface area contributed by atoms with Crippen LogP contribution in [0.2, 0.25) is 0 Å². The zero-order valence-corrected chi connectivity index (χ0v) is 13.1. The molecule has 0 aromatic heterocycles. The minimum atomic E-state index is -2.44. The van der Waals surface area contributed by atoms with Crippen molar-refractivity contribution in [3.63, 3.8) is 0 Å². The molecule has 1 aromatic carbocycles. The van der Waals surface area contributed by atoms with E-state index in [2.05, 4.69) is 19.2 Å². The van der Waals surface area contributed by atoms with Crippen LogP contribution in [-0.2, 0) is 4.79 Å². The number of carbonyl (C=O) groups excluding carboxylic acids is 1. The Labute approximate surface area is 128 Å². The van der Waals surface area contributed by atoms with Gasteiger partial charge in [0.2, 0.25) is 5.91 Å². The summed E-state index contributed by atoms with van der Waals surface area (Å²) in [6.07, 6.45) is 1.29. The van der Waals surface area contributed by atoms with Crippen molar-refractivity contribution in [1.29, 1.82) is 0 Å². The third-order valence-electron chi connectivity index (χ3n) is 2.98. The Morgan fingerprint density at radius 3 is 2.38 bits per heavy atom. The molecule has 0 bridgehead atoms. The van der Waals surface area contributed by atoms with E-state index in [1.807, 2.05) is 0 Å². The second kappa shape index (κ2) is 9.00. The number of alkyl halides is 2. The van der Waals surface area contributed by atoms with Crippen LogP contribution in [0.25, 0.3) is 0 Å². The van der Waals surface area contributed by atoms with Crippen LogP contribution in [0.3, 0.4) is 0 Å². The fourth-order valence-electron chi connectivity index (χ4n) is 2.12. The van der Waals surface area contributed by atoms with Gasteiger partial charge in [-0.1, -0.05) is 25.6 Å². The first-order valence-corrected chi connectivity index (χ1v) is 7.83. The largest absolute Gasteiger partial charge is 0.330 e. The van der Waals surface area contributed by atoms with Crippen LogP contribution in [0.1, 0.15) is 26.7 Å². The number of benzene rings is 1. The minimum absolute atomic E-state index is 0.0969. The second-order valence-corrected chi connectivity index (χ2v) is 6.45. The van der Waals surface area contributed by atoms with Crippen molar-refractivity contribution in [2.45, 2.75) is 37.3 Å². The molecular formula is C15H22F2N2OS. The van der Waals surface area contributed by atoms with E-state index in [1.54, 1.807) is 24.3 Å². The van der Waals surface area contributed by atoms with Crippen molar-refractivity contribution in [2.24, 2.45) is 17.6 Å². The van der Waals surface area contributed by atoms with E-state index in [0.29, 0.717) is 41.2 Å². The molecule has 118 valence electrons. The zero-order chi connectivity index (χ0) is 15.8. The van der Waals surface area contributed by atoms with Gasteiger partial charge in [-0.2, -0.15) is 8.78 Å². The lowest BCUT2D eigenvalue weighted by atomic mass is 9.94. The van der Waals surface area contributed by atoms with Gasteiger partial charge >= 0.3 is 0 Å². The molecular weight excluding hydrogens is 294 g/mol. The molecule has 0 heterocycles. The maximum Gasteiger partial charge on any atom is 0.288 e. The highest BCUT2D eigenvalue weighted by Crippen LogP contribution is 2.26. The Hall–Kier alpha value is -1.14. The molecule has 0 fully saturated rings. The number of nitrogens with two attached hydrogens (primary N) is 1. The van der Waals surface area contributed by atoms with Crippen molar-refractivity contribution < 1.29 is 13.6 Å². The maximum atomic E-state index is 12.2. The van der Waals surface area contributed by atoms with E-state index in [1.165, 1.54) is 0 Å². The predicted molar refractivity (Wildman–Crippen MR) is 83.5 cm³/mol. The molecule has 0 saturated heterocycles. The van der Waals surface area contributed by atoms with Crippen molar-refractivity contribution >= 4 is 23.4 Å². The molecule has 1 rings (SSSR count). The average Bonchev–Trinajstić information content (AvgIpc) is 2.39. The van der Waals surface area contributed by atoms with Crippen molar-refractivity contribution in [3.8, 4) is 0 Å². The number of rotatable bonds is 8. The summed E-state index contributed by atoms with van der Waals surface area (Å²) in [5.74, 6) is -1.87. The Balaban J connectivity index is 2.50. The fraction of sp³-hybridized carbons (Fsp3) is 0.533. The fourth-order valence-corrected chi connectivity index (χ4v) is 2.62. The molecule has 1 atom stereocenters. The standard InChI is InChI=1S/C15H22F2N2OS/c1-10(2)7-11(9-18)8-14(20)19-12-3-5-13(6-4-12)21-15(16)17/h3-6,10-11,15H,7-9,18H2,1-2H3,(H,19,20). The molecule has 0 aliphatic rings. The van der Waals surface area contributed by atoms with Crippen LogP contribution >= 0.6 is 11.8 Å². The highest BCUT2D eigenvalue weighted by atomic mass is 32.2. The topological polar surface area (TPSA) is 55.1 Å². The number of thioether (sulfide) groups is 1. The van der Waals surface area contributed by atoms with Crippen LogP contribution in [0.5, 0.6) is 0 Å². The minimum Gasteiger partial charge on any atom is -0.330 e. The number of amides is 1. The van der Waals surface area contributed by atoms with E-state index in [4.69, 9.17) is 5.73 Å². The van der Waals surface area contributed by atoms with Gasteiger partial charge in [-0.15, -0.1) is 0 Å². The lowest BCUT2D eigenvalue weighted by Gasteiger charge is -2.16. The summed E-state index contributed by atoms with van der Waals surface area (Å²) in [4.78, 5) is 12.4.